The Morgan fingerprint density at radius 2 is 1.93 bits per heavy atom. The standard InChI is InChI=1S/C22H32ClN3O/c1-18(2)26(19(3)27)16-12-22(17-24,20-9-5-6-10-21(20)23)11-15-25-13-7-4-8-14-25/h5-6,9-10,18H,4,7-8,11-16H2,1-3H3. The molecule has 1 atom stereocenters. The first-order valence-corrected chi connectivity index (χ1v) is 10.4. The van der Waals surface area contributed by atoms with Crippen molar-refractivity contribution in [2.45, 2.75) is 64.3 Å². The molecule has 2 rings (SSSR count). The van der Waals surface area contributed by atoms with Gasteiger partial charge in [-0.3, -0.25) is 4.79 Å². The number of piperidine rings is 1. The number of likely N-dealkylation sites (tertiary alicyclic amines) is 1. The van der Waals surface area contributed by atoms with E-state index < -0.39 is 5.41 Å². The van der Waals surface area contributed by atoms with Crippen molar-refractivity contribution >= 4 is 17.5 Å². The molecule has 1 amide bonds. The smallest absolute Gasteiger partial charge is 0.219 e. The maximum atomic E-state index is 12.0. The molecule has 148 valence electrons. The zero-order chi connectivity index (χ0) is 19.9. The van der Waals surface area contributed by atoms with Crippen molar-refractivity contribution in [3.63, 3.8) is 0 Å². The highest BCUT2D eigenvalue weighted by atomic mass is 35.5. The van der Waals surface area contributed by atoms with E-state index in [1.54, 1.807) is 6.92 Å². The largest absolute Gasteiger partial charge is 0.340 e. The van der Waals surface area contributed by atoms with E-state index in [4.69, 9.17) is 11.6 Å². The fraction of sp³-hybridized carbons (Fsp3) is 0.636. The number of rotatable bonds is 8. The maximum Gasteiger partial charge on any atom is 0.219 e. The normalized spacial score (nSPS) is 17.3. The molecule has 27 heavy (non-hydrogen) atoms. The van der Waals surface area contributed by atoms with Crippen molar-refractivity contribution in [3.05, 3.63) is 34.9 Å². The van der Waals surface area contributed by atoms with Gasteiger partial charge in [-0.2, -0.15) is 5.26 Å². The molecule has 1 saturated heterocycles. The number of carbonyl (C=O) groups excluding carboxylic acids is 1. The number of benzene rings is 1. The van der Waals surface area contributed by atoms with Crippen LogP contribution >= 0.6 is 11.6 Å². The molecule has 0 radical (unpaired) electrons. The van der Waals surface area contributed by atoms with Crippen LogP contribution in [-0.4, -0.2) is 47.9 Å². The number of nitriles is 1. The van der Waals surface area contributed by atoms with Gasteiger partial charge in [-0.05, 0) is 70.8 Å². The highest BCUT2D eigenvalue weighted by molar-refractivity contribution is 6.31. The molecule has 0 spiro atoms. The van der Waals surface area contributed by atoms with Gasteiger partial charge >= 0.3 is 0 Å². The Kier molecular flexibility index (Phi) is 8.13. The highest BCUT2D eigenvalue weighted by Crippen LogP contribution is 2.37. The van der Waals surface area contributed by atoms with Crippen LogP contribution in [0, 0.1) is 11.3 Å². The van der Waals surface area contributed by atoms with E-state index >= 15 is 0 Å². The first-order chi connectivity index (χ1) is 12.9. The lowest BCUT2D eigenvalue weighted by molar-refractivity contribution is -0.130. The molecule has 1 aromatic rings. The molecule has 1 fully saturated rings. The molecule has 1 aromatic carbocycles. The Balaban J connectivity index is 2.24. The summed E-state index contributed by atoms with van der Waals surface area (Å²) in [6.07, 6.45) is 5.09. The average Bonchev–Trinajstić information content (AvgIpc) is 2.65. The van der Waals surface area contributed by atoms with Crippen molar-refractivity contribution in [1.82, 2.24) is 9.80 Å². The van der Waals surface area contributed by atoms with E-state index in [1.165, 1.54) is 19.3 Å². The lowest BCUT2D eigenvalue weighted by Gasteiger charge is -2.35. The zero-order valence-corrected chi connectivity index (χ0v) is 17.6. The topological polar surface area (TPSA) is 47.3 Å². The second-order valence-electron chi connectivity index (χ2n) is 7.88. The average molecular weight is 390 g/mol. The number of nitrogens with zero attached hydrogens (tertiary/aromatic N) is 3. The fourth-order valence-corrected chi connectivity index (χ4v) is 4.35. The van der Waals surface area contributed by atoms with Gasteiger partial charge in [0, 0.05) is 24.5 Å². The number of amides is 1. The maximum absolute atomic E-state index is 12.0. The van der Waals surface area contributed by atoms with Crippen LogP contribution in [0.15, 0.2) is 24.3 Å². The van der Waals surface area contributed by atoms with Crippen molar-refractivity contribution in [3.8, 4) is 6.07 Å². The Morgan fingerprint density at radius 3 is 2.48 bits per heavy atom. The van der Waals surface area contributed by atoms with Crippen LogP contribution in [0.1, 0.15) is 58.4 Å². The molecular formula is C22H32ClN3O. The first kappa shape index (κ1) is 21.7. The Labute approximate surface area is 169 Å². The minimum absolute atomic E-state index is 0.0482. The molecular weight excluding hydrogens is 358 g/mol. The van der Waals surface area contributed by atoms with Crippen LogP contribution < -0.4 is 0 Å². The number of hydrogen-bond acceptors (Lipinski definition) is 3. The lowest BCUT2D eigenvalue weighted by Crippen LogP contribution is -2.41. The van der Waals surface area contributed by atoms with Crippen LogP contribution in [0.5, 0.6) is 0 Å². The Bertz CT molecular complexity index is 664. The summed E-state index contributed by atoms with van der Waals surface area (Å²) in [5.41, 5.74) is 0.205. The van der Waals surface area contributed by atoms with Crippen LogP contribution in [-0.2, 0) is 10.2 Å². The fourth-order valence-electron chi connectivity index (χ4n) is 4.04. The van der Waals surface area contributed by atoms with E-state index in [0.717, 1.165) is 31.6 Å². The van der Waals surface area contributed by atoms with Gasteiger partial charge in [-0.25, -0.2) is 0 Å². The van der Waals surface area contributed by atoms with Gasteiger partial charge in [-0.15, -0.1) is 0 Å². The van der Waals surface area contributed by atoms with Gasteiger partial charge in [0.15, 0.2) is 0 Å². The molecule has 1 aliphatic heterocycles. The van der Waals surface area contributed by atoms with Gasteiger partial charge < -0.3 is 9.80 Å². The number of halogens is 1. The quantitative estimate of drug-likeness (QED) is 0.651. The number of carbonyl (C=O) groups is 1. The van der Waals surface area contributed by atoms with Gasteiger partial charge in [0.05, 0.1) is 11.5 Å². The predicted molar refractivity (Wildman–Crippen MR) is 111 cm³/mol. The van der Waals surface area contributed by atoms with Crippen LogP contribution in [0.2, 0.25) is 5.02 Å². The summed E-state index contributed by atoms with van der Waals surface area (Å²) in [5.74, 6) is 0.0482. The Morgan fingerprint density at radius 1 is 1.26 bits per heavy atom. The van der Waals surface area contributed by atoms with E-state index in [9.17, 15) is 10.1 Å². The predicted octanol–water partition coefficient (Wildman–Crippen LogP) is 4.62. The third-order valence-corrected chi connectivity index (χ3v) is 6.04. The molecule has 1 aliphatic rings. The summed E-state index contributed by atoms with van der Waals surface area (Å²) >= 11 is 6.50. The third-order valence-electron chi connectivity index (χ3n) is 5.71. The molecule has 1 heterocycles. The SMILES string of the molecule is CC(=O)N(CCC(C#N)(CCN1CCCCC1)c1ccccc1Cl)C(C)C. The summed E-state index contributed by atoms with van der Waals surface area (Å²) < 4.78 is 0. The molecule has 0 aromatic heterocycles. The minimum Gasteiger partial charge on any atom is -0.340 e. The third kappa shape index (κ3) is 5.70. The summed E-state index contributed by atoms with van der Waals surface area (Å²) in [7, 11) is 0. The van der Waals surface area contributed by atoms with Crippen molar-refractivity contribution in [1.29, 1.82) is 5.26 Å². The van der Waals surface area contributed by atoms with Crippen LogP contribution in [0.3, 0.4) is 0 Å². The molecule has 0 N–H and O–H groups in total. The monoisotopic (exact) mass is 389 g/mol. The lowest BCUT2D eigenvalue weighted by atomic mass is 9.75. The van der Waals surface area contributed by atoms with Crippen molar-refractivity contribution in [2.75, 3.05) is 26.2 Å². The minimum atomic E-state index is -0.682. The highest BCUT2D eigenvalue weighted by Gasteiger charge is 2.35. The Hall–Kier alpha value is -1.57. The summed E-state index contributed by atoms with van der Waals surface area (Å²) in [5, 5.41) is 10.9. The van der Waals surface area contributed by atoms with Gasteiger partial charge in [0.1, 0.15) is 0 Å². The zero-order valence-electron chi connectivity index (χ0n) is 16.9. The second-order valence-corrected chi connectivity index (χ2v) is 8.29. The van der Waals surface area contributed by atoms with E-state index in [2.05, 4.69) is 11.0 Å². The first-order valence-electron chi connectivity index (χ1n) is 10.1. The van der Waals surface area contributed by atoms with Crippen LogP contribution in [0.4, 0.5) is 0 Å². The van der Waals surface area contributed by atoms with Crippen LogP contribution in [0.25, 0.3) is 0 Å². The molecule has 1 unspecified atom stereocenters. The van der Waals surface area contributed by atoms with Gasteiger partial charge in [-0.1, -0.05) is 36.2 Å². The van der Waals surface area contributed by atoms with Gasteiger partial charge in [0.2, 0.25) is 5.91 Å². The molecule has 0 aliphatic carbocycles. The summed E-state index contributed by atoms with van der Waals surface area (Å²) in [6.45, 7) is 9.28. The molecule has 5 heteroatoms. The number of hydrogen-bond donors (Lipinski definition) is 0. The van der Waals surface area contributed by atoms with Gasteiger partial charge in [0.25, 0.3) is 0 Å². The van der Waals surface area contributed by atoms with E-state index in [1.807, 2.05) is 43.0 Å². The van der Waals surface area contributed by atoms with E-state index in [-0.39, 0.29) is 11.9 Å². The molecule has 0 saturated carbocycles. The summed E-state index contributed by atoms with van der Waals surface area (Å²) in [6, 6.07) is 10.4. The van der Waals surface area contributed by atoms with E-state index in [0.29, 0.717) is 18.0 Å². The molecule has 4 nitrogen and oxygen atoms in total. The molecule has 0 bridgehead atoms. The van der Waals surface area contributed by atoms with Crippen molar-refractivity contribution < 1.29 is 4.79 Å². The summed E-state index contributed by atoms with van der Waals surface area (Å²) in [4.78, 5) is 16.3. The second kappa shape index (κ2) is 10.1. The van der Waals surface area contributed by atoms with Crippen molar-refractivity contribution in [2.24, 2.45) is 0 Å².